The second-order valence-electron chi connectivity index (χ2n) is 2.80. The van der Waals surface area contributed by atoms with E-state index in [-0.39, 0.29) is 5.97 Å². The molecule has 0 saturated heterocycles. The summed E-state index contributed by atoms with van der Waals surface area (Å²) in [6.07, 6.45) is 2.37. The molecule has 1 atom stereocenters. The lowest BCUT2D eigenvalue weighted by molar-refractivity contribution is -0.140. The summed E-state index contributed by atoms with van der Waals surface area (Å²) in [7, 11) is 1.41. The minimum Gasteiger partial charge on any atom is -0.469 e. The number of nitrogens with two attached hydrogens (primary N) is 1. The van der Waals surface area contributed by atoms with E-state index >= 15 is 0 Å². The largest absolute Gasteiger partial charge is 0.469 e. The number of rotatable bonds is 5. The van der Waals surface area contributed by atoms with Crippen LogP contribution < -0.4 is 5.73 Å². The van der Waals surface area contributed by atoms with Crippen LogP contribution in [0.15, 0.2) is 0 Å². The minimum atomic E-state index is -0.131. The zero-order valence-electron chi connectivity index (χ0n) is 7.30. The SMILES string of the molecule is COC(=O)CCC(C)CCN. The van der Waals surface area contributed by atoms with E-state index in [0.717, 1.165) is 12.8 Å². The molecule has 0 spiro atoms. The van der Waals surface area contributed by atoms with Crippen molar-refractivity contribution in [3.8, 4) is 0 Å². The van der Waals surface area contributed by atoms with Crippen molar-refractivity contribution in [1.29, 1.82) is 0 Å². The van der Waals surface area contributed by atoms with Gasteiger partial charge in [0.15, 0.2) is 0 Å². The van der Waals surface area contributed by atoms with E-state index < -0.39 is 0 Å². The number of carbonyl (C=O) groups excluding carboxylic acids is 1. The molecule has 3 nitrogen and oxygen atoms in total. The maximum atomic E-state index is 10.7. The van der Waals surface area contributed by atoms with Crippen LogP contribution in [0.3, 0.4) is 0 Å². The van der Waals surface area contributed by atoms with Gasteiger partial charge in [-0.25, -0.2) is 0 Å². The summed E-state index contributed by atoms with van der Waals surface area (Å²) < 4.78 is 4.51. The van der Waals surface area contributed by atoms with Crippen molar-refractivity contribution in [3.05, 3.63) is 0 Å². The number of hydrogen-bond donors (Lipinski definition) is 1. The molecule has 3 heteroatoms. The van der Waals surface area contributed by atoms with Gasteiger partial charge in [-0.15, -0.1) is 0 Å². The summed E-state index contributed by atoms with van der Waals surface area (Å²) in [5.41, 5.74) is 5.35. The van der Waals surface area contributed by atoms with E-state index in [4.69, 9.17) is 5.73 Å². The van der Waals surface area contributed by atoms with Gasteiger partial charge in [0.25, 0.3) is 0 Å². The highest BCUT2D eigenvalue weighted by atomic mass is 16.5. The van der Waals surface area contributed by atoms with Crippen molar-refractivity contribution >= 4 is 5.97 Å². The maximum Gasteiger partial charge on any atom is 0.305 e. The Balaban J connectivity index is 3.29. The van der Waals surface area contributed by atoms with Crippen LogP contribution in [0.2, 0.25) is 0 Å². The van der Waals surface area contributed by atoms with Crippen LogP contribution in [0.5, 0.6) is 0 Å². The number of esters is 1. The Hall–Kier alpha value is -0.570. The van der Waals surface area contributed by atoms with Crippen LogP contribution in [0.25, 0.3) is 0 Å². The van der Waals surface area contributed by atoms with Gasteiger partial charge in [0.2, 0.25) is 0 Å². The van der Waals surface area contributed by atoms with E-state index in [1.54, 1.807) is 0 Å². The standard InChI is InChI=1S/C8H17NO2/c1-7(5-6-9)3-4-8(10)11-2/h7H,3-6,9H2,1-2H3. The van der Waals surface area contributed by atoms with Gasteiger partial charge < -0.3 is 10.5 Å². The molecule has 0 aromatic heterocycles. The third-order valence-corrected chi connectivity index (χ3v) is 1.73. The predicted molar refractivity (Wildman–Crippen MR) is 44.1 cm³/mol. The summed E-state index contributed by atoms with van der Waals surface area (Å²) >= 11 is 0. The quantitative estimate of drug-likeness (QED) is 0.607. The lowest BCUT2D eigenvalue weighted by atomic mass is 10.0. The fourth-order valence-corrected chi connectivity index (χ4v) is 0.895. The van der Waals surface area contributed by atoms with Crippen molar-refractivity contribution < 1.29 is 9.53 Å². The molecule has 0 aromatic rings. The topological polar surface area (TPSA) is 52.3 Å². The van der Waals surface area contributed by atoms with Gasteiger partial charge in [0, 0.05) is 6.42 Å². The van der Waals surface area contributed by atoms with Crippen LogP contribution in [0.1, 0.15) is 26.2 Å². The summed E-state index contributed by atoms with van der Waals surface area (Å²) in [4.78, 5) is 10.7. The molecular weight excluding hydrogens is 142 g/mol. The molecule has 0 aliphatic carbocycles. The molecule has 2 N–H and O–H groups in total. The van der Waals surface area contributed by atoms with Crippen LogP contribution in [-0.4, -0.2) is 19.6 Å². The summed E-state index contributed by atoms with van der Waals surface area (Å²) in [5, 5.41) is 0. The molecule has 0 aliphatic rings. The summed E-state index contributed by atoms with van der Waals surface area (Å²) in [6, 6.07) is 0. The van der Waals surface area contributed by atoms with Gasteiger partial charge in [-0.3, -0.25) is 4.79 Å². The lowest BCUT2D eigenvalue weighted by Gasteiger charge is -2.07. The maximum absolute atomic E-state index is 10.7. The van der Waals surface area contributed by atoms with E-state index in [1.807, 2.05) is 0 Å². The average Bonchev–Trinajstić information content (AvgIpc) is 2.01. The average molecular weight is 159 g/mol. The fraction of sp³-hybridized carbons (Fsp3) is 0.875. The van der Waals surface area contributed by atoms with Crippen LogP contribution in [0.4, 0.5) is 0 Å². The molecule has 0 amide bonds. The van der Waals surface area contributed by atoms with E-state index in [1.165, 1.54) is 7.11 Å². The first-order valence-electron chi connectivity index (χ1n) is 3.97. The number of hydrogen-bond acceptors (Lipinski definition) is 3. The van der Waals surface area contributed by atoms with E-state index in [2.05, 4.69) is 11.7 Å². The molecule has 11 heavy (non-hydrogen) atoms. The Morgan fingerprint density at radius 3 is 2.64 bits per heavy atom. The van der Waals surface area contributed by atoms with Crippen molar-refractivity contribution in [2.45, 2.75) is 26.2 Å². The van der Waals surface area contributed by atoms with E-state index in [0.29, 0.717) is 18.9 Å². The molecule has 0 aliphatic heterocycles. The second-order valence-corrected chi connectivity index (χ2v) is 2.80. The highest BCUT2D eigenvalue weighted by molar-refractivity contribution is 5.69. The van der Waals surface area contributed by atoms with Crippen LogP contribution >= 0.6 is 0 Å². The Morgan fingerprint density at radius 2 is 2.18 bits per heavy atom. The lowest BCUT2D eigenvalue weighted by Crippen LogP contribution is -2.08. The Labute approximate surface area is 67.9 Å². The van der Waals surface area contributed by atoms with Crippen molar-refractivity contribution in [3.63, 3.8) is 0 Å². The zero-order chi connectivity index (χ0) is 8.69. The first-order chi connectivity index (χ1) is 5.20. The Kier molecular flexibility index (Phi) is 5.84. The minimum absolute atomic E-state index is 0.131. The molecule has 66 valence electrons. The third kappa shape index (κ3) is 5.85. The highest BCUT2D eigenvalue weighted by Gasteiger charge is 2.04. The van der Waals surface area contributed by atoms with Gasteiger partial charge >= 0.3 is 5.97 Å². The molecule has 0 saturated carbocycles. The number of ether oxygens (including phenoxy) is 1. The third-order valence-electron chi connectivity index (χ3n) is 1.73. The molecular formula is C8H17NO2. The Bertz CT molecular complexity index is 115. The molecule has 0 radical (unpaired) electrons. The van der Waals surface area contributed by atoms with Gasteiger partial charge in [-0.2, -0.15) is 0 Å². The predicted octanol–water partition coefficient (Wildman–Crippen LogP) is 0.924. The fourth-order valence-electron chi connectivity index (χ4n) is 0.895. The molecule has 0 bridgehead atoms. The normalized spacial score (nSPS) is 12.6. The molecule has 1 unspecified atom stereocenters. The number of carbonyl (C=O) groups is 1. The monoisotopic (exact) mass is 159 g/mol. The van der Waals surface area contributed by atoms with Gasteiger partial charge in [0.05, 0.1) is 7.11 Å². The smallest absolute Gasteiger partial charge is 0.305 e. The first-order valence-corrected chi connectivity index (χ1v) is 3.97. The molecule has 0 fully saturated rings. The zero-order valence-corrected chi connectivity index (χ0v) is 7.30. The molecule has 0 aromatic carbocycles. The van der Waals surface area contributed by atoms with Gasteiger partial charge in [-0.1, -0.05) is 6.92 Å². The van der Waals surface area contributed by atoms with Gasteiger partial charge in [-0.05, 0) is 25.3 Å². The summed E-state index contributed by atoms with van der Waals surface area (Å²) in [5.74, 6) is 0.396. The first kappa shape index (κ1) is 10.4. The van der Waals surface area contributed by atoms with E-state index in [9.17, 15) is 4.79 Å². The Morgan fingerprint density at radius 1 is 1.55 bits per heavy atom. The molecule has 0 heterocycles. The second kappa shape index (κ2) is 6.16. The van der Waals surface area contributed by atoms with Crippen molar-refractivity contribution in [2.24, 2.45) is 11.7 Å². The van der Waals surface area contributed by atoms with Crippen LogP contribution in [-0.2, 0) is 9.53 Å². The summed E-state index contributed by atoms with van der Waals surface area (Å²) in [6.45, 7) is 2.79. The molecule has 0 rings (SSSR count). The van der Waals surface area contributed by atoms with Gasteiger partial charge in [0.1, 0.15) is 0 Å². The van der Waals surface area contributed by atoms with Crippen LogP contribution in [0, 0.1) is 5.92 Å². The number of methoxy groups -OCH3 is 1. The van der Waals surface area contributed by atoms with Crippen molar-refractivity contribution in [2.75, 3.05) is 13.7 Å². The van der Waals surface area contributed by atoms with Crippen molar-refractivity contribution in [1.82, 2.24) is 0 Å². The highest BCUT2D eigenvalue weighted by Crippen LogP contribution is 2.08.